The molecule has 3 heterocycles. The Labute approximate surface area is 201 Å². The van der Waals surface area contributed by atoms with Crippen molar-refractivity contribution in [2.24, 2.45) is 0 Å². The summed E-state index contributed by atoms with van der Waals surface area (Å²) in [4.78, 5) is 33.3. The fraction of sp³-hybridized carbons (Fsp3) is 0.192. The van der Waals surface area contributed by atoms with Gasteiger partial charge in [0.25, 0.3) is 0 Å². The topological polar surface area (TPSA) is 118 Å². The van der Waals surface area contributed by atoms with Gasteiger partial charge in [-0.2, -0.15) is 0 Å². The van der Waals surface area contributed by atoms with Crippen molar-refractivity contribution in [3.8, 4) is 11.3 Å². The Morgan fingerprint density at radius 2 is 1.86 bits per heavy atom. The van der Waals surface area contributed by atoms with Gasteiger partial charge in [0.1, 0.15) is 17.8 Å². The molecule has 0 radical (unpaired) electrons. The Kier molecular flexibility index (Phi) is 5.97. The number of carbonyl (C=O) groups is 2. The number of nitrogens with one attached hydrogen (secondary N) is 3. The number of aromatic amines is 1. The summed E-state index contributed by atoms with van der Waals surface area (Å²) in [5, 5.41) is 16.0. The number of benzene rings is 2. The third-order valence-electron chi connectivity index (χ3n) is 6.19. The molecular formula is C26H25N7O2. The number of fused-ring (bicyclic) bond motifs is 2. The molecule has 0 saturated heterocycles. The number of H-pyrrole nitrogens is 1. The lowest BCUT2D eigenvalue weighted by atomic mass is 10.0. The molecule has 3 N–H and O–H groups in total. The zero-order valence-electron chi connectivity index (χ0n) is 19.4. The molecule has 35 heavy (non-hydrogen) atoms. The quantitative estimate of drug-likeness (QED) is 0.340. The van der Waals surface area contributed by atoms with Crippen LogP contribution in [0, 0.1) is 0 Å². The van der Waals surface area contributed by atoms with Gasteiger partial charge in [-0.3, -0.25) is 14.6 Å². The van der Waals surface area contributed by atoms with E-state index in [1.165, 1.54) is 4.68 Å². The van der Waals surface area contributed by atoms with Gasteiger partial charge in [0.05, 0.1) is 11.7 Å². The van der Waals surface area contributed by atoms with Crippen LogP contribution >= 0.6 is 0 Å². The summed E-state index contributed by atoms with van der Waals surface area (Å²) in [6.45, 7) is 1.73. The molecule has 2 atom stereocenters. The number of pyridine rings is 1. The first-order chi connectivity index (χ1) is 17.0. The maximum atomic E-state index is 13.1. The molecule has 5 rings (SSSR count). The highest BCUT2D eigenvalue weighted by Crippen LogP contribution is 2.26. The summed E-state index contributed by atoms with van der Waals surface area (Å²) < 4.78 is 1.51. The van der Waals surface area contributed by atoms with Gasteiger partial charge < -0.3 is 15.6 Å². The van der Waals surface area contributed by atoms with E-state index >= 15 is 0 Å². The molecule has 0 saturated carbocycles. The first-order valence-corrected chi connectivity index (χ1v) is 11.4. The molecule has 0 aliphatic heterocycles. The second kappa shape index (κ2) is 9.38. The zero-order valence-corrected chi connectivity index (χ0v) is 19.4. The van der Waals surface area contributed by atoms with E-state index in [1.807, 2.05) is 60.8 Å². The van der Waals surface area contributed by atoms with Crippen molar-refractivity contribution in [1.82, 2.24) is 35.6 Å². The Morgan fingerprint density at radius 3 is 2.71 bits per heavy atom. The van der Waals surface area contributed by atoms with Crippen LogP contribution in [-0.2, 0) is 16.0 Å². The molecule has 5 aromatic rings. The first kappa shape index (κ1) is 22.3. The minimum Gasteiger partial charge on any atom is -0.361 e. The van der Waals surface area contributed by atoms with Crippen LogP contribution in [0.3, 0.4) is 0 Å². The summed E-state index contributed by atoms with van der Waals surface area (Å²) >= 11 is 0. The fourth-order valence-corrected chi connectivity index (χ4v) is 4.23. The van der Waals surface area contributed by atoms with Crippen LogP contribution in [0.5, 0.6) is 0 Å². The lowest BCUT2D eigenvalue weighted by molar-refractivity contribution is -0.130. The van der Waals surface area contributed by atoms with Crippen LogP contribution in [0.25, 0.3) is 33.1 Å². The van der Waals surface area contributed by atoms with E-state index < -0.39 is 12.1 Å². The van der Waals surface area contributed by atoms with Crippen molar-refractivity contribution in [3.05, 3.63) is 78.8 Å². The van der Waals surface area contributed by atoms with E-state index in [9.17, 15) is 9.59 Å². The summed E-state index contributed by atoms with van der Waals surface area (Å²) in [6.07, 6.45) is 5.71. The summed E-state index contributed by atoms with van der Waals surface area (Å²) in [6, 6.07) is 16.1. The van der Waals surface area contributed by atoms with Gasteiger partial charge in [0.2, 0.25) is 11.8 Å². The molecule has 0 aliphatic carbocycles. The van der Waals surface area contributed by atoms with Gasteiger partial charge in [-0.05, 0) is 30.7 Å². The normalized spacial score (nSPS) is 13.0. The second-order valence-electron chi connectivity index (χ2n) is 8.37. The highest BCUT2D eigenvalue weighted by molar-refractivity contribution is 5.93. The van der Waals surface area contributed by atoms with Crippen molar-refractivity contribution >= 4 is 33.6 Å². The van der Waals surface area contributed by atoms with Gasteiger partial charge in [0.15, 0.2) is 0 Å². The SMILES string of the molecule is CNC(=O)[C@H](Cc1c[nH]c2ccccc12)NC(=O)C(C)n1cc(-c2cccc3ncccc23)nn1. The van der Waals surface area contributed by atoms with Gasteiger partial charge in [-0.25, -0.2) is 4.68 Å². The lowest BCUT2D eigenvalue weighted by Crippen LogP contribution is -2.48. The van der Waals surface area contributed by atoms with Crippen LogP contribution in [0.2, 0.25) is 0 Å². The number of para-hydroxylation sites is 1. The minimum absolute atomic E-state index is 0.265. The maximum absolute atomic E-state index is 13.1. The zero-order chi connectivity index (χ0) is 24.4. The van der Waals surface area contributed by atoms with E-state index in [0.717, 1.165) is 32.9 Å². The maximum Gasteiger partial charge on any atom is 0.245 e. The smallest absolute Gasteiger partial charge is 0.245 e. The molecule has 9 heteroatoms. The Morgan fingerprint density at radius 1 is 1.03 bits per heavy atom. The van der Waals surface area contributed by atoms with Crippen molar-refractivity contribution < 1.29 is 9.59 Å². The van der Waals surface area contributed by atoms with Gasteiger partial charge in [0, 0.05) is 47.7 Å². The van der Waals surface area contributed by atoms with E-state index in [2.05, 4.69) is 30.9 Å². The predicted molar refractivity (Wildman–Crippen MR) is 133 cm³/mol. The average molecular weight is 468 g/mol. The summed E-state index contributed by atoms with van der Waals surface area (Å²) in [5.41, 5.74) is 4.32. The monoisotopic (exact) mass is 467 g/mol. The van der Waals surface area contributed by atoms with Crippen molar-refractivity contribution in [2.75, 3.05) is 7.05 Å². The molecule has 0 fully saturated rings. The van der Waals surface area contributed by atoms with Crippen molar-refractivity contribution in [1.29, 1.82) is 0 Å². The molecule has 3 aromatic heterocycles. The number of amides is 2. The largest absolute Gasteiger partial charge is 0.361 e. The van der Waals surface area contributed by atoms with Crippen LogP contribution in [-0.4, -0.2) is 49.9 Å². The lowest BCUT2D eigenvalue weighted by Gasteiger charge is -2.20. The molecular weight excluding hydrogens is 442 g/mol. The van der Waals surface area contributed by atoms with Gasteiger partial charge in [-0.1, -0.05) is 41.6 Å². The van der Waals surface area contributed by atoms with Crippen molar-refractivity contribution in [3.63, 3.8) is 0 Å². The van der Waals surface area contributed by atoms with Crippen LogP contribution in [0.15, 0.2) is 73.2 Å². The molecule has 2 amide bonds. The number of hydrogen-bond acceptors (Lipinski definition) is 5. The Balaban J connectivity index is 1.35. The molecule has 0 aliphatic rings. The van der Waals surface area contributed by atoms with E-state index in [1.54, 1.807) is 26.4 Å². The van der Waals surface area contributed by atoms with Crippen molar-refractivity contribution in [2.45, 2.75) is 25.4 Å². The molecule has 9 nitrogen and oxygen atoms in total. The third kappa shape index (κ3) is 4.35. The third-order valence-corrected chi connectivity index (χ3v) is 6.19. The molecule has 176 valence electrons. The van der Waals surface area contributed by atoms with E-state index in [0.29, 0.717) is 12.1 Å². The summed E-state index contributed by atoms with van der Waals surface area (Å²) in [7, 11) is 1.56. The molecule has 2 aromatic carbocycles. The molecule has 0 spiro atoms. The van der Waals surface area contributed by atoms with E-state index in [-0.39, 0.29) is 11.8 Å². The van der Waals surface area contributed by atoms with Crippen LogP contribution in [0.4, 0.5) is 0 Å². The van der Waals surface area contributed by atoms with E-state index in [4.69, 9.17) is 0 Å². The number of carbonyl (C=O) groups excluding carboxylic acids is 2. The van der Waals surface area contributed by atoms with Gasteiger partial charge in [-0.15, -0.1) is 5.10 Å². The van der Waals surface area contributed by atoms with Crippen LogP contribution in [0.1, 0.15) is 18.5 Å². The number of hydrogen-bond donors (Lipinski definition) is 3. The van der Waals surface area contributed by atoms with Gasteiger partial charge >= 0.3 is 0 Å². The summed E-state index contributed by atoms with van der Waals surface area (Å²) in [5.74, 6) is -0.590. The Hall–Kier alpha value is -4.53. The standard InChI is InChI=1S/C26H25N7O2/c1-16(33-15-24(31-32-33)20-8-5-11-22-19(20)9-6-12-28-22)25(34)30-23(26(35)27-2)13-17-14-29-21-10-4-3-7-18(17)21/h3-12,14-16,23,29H,13H2,1-2H3,(H,27,35)(H,30,34)/t16?,23-/m0/s1. The first-order valence-electron chi connectivity index (χ1n) is 11.4. The Bertz CT molecular complexity index is 1520. The number of nitrogens with zero attached hydrogens (tertiary/aromatic N) is 4. The molecule has 1 unspecified atom stereocenters. The highest BCUT2D eigenvalue weighted by atomic mass is 16.2. The number of aromatic nitrogens is 5. The second-order valence-corrected chi connectivity index (χ2v) is 8.37. The predicted octanol–water partition coefficient (Wildman–Crippen LogP) is 3.01. The highest BCUT2D eigenvalue weighted by Gasteiger charge is 2.25. The number of likely N-dealkylation sites (N-methyl/N-ethyl adjacent to an activating group) is 1. The molecule has 0 bridgehead atoms. The number of rotatable bonds is 7. The fourth-order valence-electron chi connectivity index (χ4n) is 4.23. The van der Waals surface area contributed by atoms with Crippen LogP contribution < -0.4 is 10.6 Å². The minimum atomic E-state index is -0.735. The average Bonchev–Trinajstić information content (AvgIpc) is 3.55.